The maximum atomic E-state index is 12.8. The molecule has 0 bridgehead atoms. The summed E-state index contributed by atoms with van der Waals surface area (Å²) in [5, 5.41) is 14.0. The van der Waals surface area contributed by atoms with Crippen LogP contribution >= 0.6 is 0 Å². The SMILES string of the molecule is COCCCNc1nncc(NCc2ccc(F)cc2)n1. The first kappa shape index (κ1) is 15.1. The number of methoxy groups -OCH3 is 1. The van der Waals surface area contributed by atoms with Crippen LogP contribution < -0.4 is 10.6 Å². The molecule has 112 valence electrons. The Balaban J connectivity index is 1.84. The number of rotatable bonds is 8. The lowest BCUT2D eigenvalue weighted by Gasteiger charge is -2.07. The van der Waals surface area contributed by atoms with Crippen molar-refractivity contribution in [3.8, 4) is 0 Å². The molecule has 0 fully saturated rings. The van der Waals surface area contributed by atoms with Gasteiger partial charge in [0.25, 0.3) is 0 Å². The first-order chi connectivity index (χ1) is 10.3. The van der Waals surface area contributed by atoms with Gasteiger partial charge in [-0.1, -0.05) is 12.1 Å². The van der Waals surface area contributed by atoms with Gasteiger partial charge in [0.05, 0.1) is 6.20 Å². The van der Waals surface area contributed by atoms with Crippen LogP contribution in [0.25, 0.3) is 0 Å². The summed E-state index contributed by atoms with van der Waals surface area (Å²) in [6, 6.07) is 6.30. The number of ether oxygens (including phenoxy) is 1. The zero-order valence-corrected chi connectivity index (χ0v) is 11.8. The van der Waals surface area contributed by atoms with Gasteiger partial charge in [-0.2, -0.15) is 10.1 Å². The molecule has 7 heteroatoms. The molecule has 2 rings (SSSR count). The van der Waals surface area contributed by atoms with E-state index in [1.54, 1.807) is 25.4 Å². The number of nitrogens with one attached hydrogen (secondary N) is 2. The van der Waals surface area contributed by atoms with Crippen molar-refractivity contribution in [2.45, 2.75) is 13.0 Å². The maximum absolute atomic E-state index is 12.8. The maximum Gasteiger partial charge on any atom is 0.244 e. The van der Waals surface area contributed by atoms with Gasteiger partial charge >= 0.3 is 0 Å². The van der Waals surface area contributed by atoms with E-state index in [9.17, 15) is 4.39 Å². The number of anilines is 2. The van der Waals surface area contributed by atoms with Crippen LogP contribution in [0.4, 0.5) is 16.2 Å². The van der Waals surface area contributed by atoms with Crippen molar-refractivity contribution in [1.29, 1.82) is 0 Å². The van der Waals surface area contributed by atoms with E-state index in [1.165, 1.54) is 12.1 Å². The molecule has 6 nitrogen and oxygen atoms in total. The largest absolute Gasteiger partial charge is 0.385 e. The van der Waals surface area contributed by atoms with Gasteiger partial charge in [-0.3, -0.25) is 0 Å². The summed E-state index contributed by atoms with van der Waals surface area (Å²) >= 11 is 0. The van der Waals surface area contributed by atoms with Gasteiger partial charge in [-0.15, -0.1) is 5.10 Å². The topological polar surface area (TPSA) is 72.0 Å². The minimum absolute atomic E-state index is 0.245. The van der Waals surface area contributed by atoms with E-state index in [1.807, 2.05) is 0 Å². The average molecular weight is 291 g/mol. The molecule has 0 atom stereocenters. The summed E-state index contributed by atoms with van der Waals surface area (Å²) in [4.78, 5) is 4.29. The first-order valence-corrected chi connectivity index (χ1v) is 6.69. The van der Waals surface area contributed by atoms with Crippen LogP contribution in [-0.2, 0) is 11.3 Å². The van der Waals surface area contributed by atoms with Gasteiger partial charge < -0.3 is 15.4 Å². The van der Waals surface area contributed by atoms with Crippen molar-refractivity contribution in [3.63, 3.8) is 0 Å². The van der Waals surface area contributed by atoms with E-state index in [0.717, 1.165) is 18.5 Å². The highest BCUT2D eigenvalue weighted by molar-refractivity contribution is 5.37. The van der Waals surface area contributed by atoms with Crippen molar-refractivity contribution in [3.05, 3.63) is 41.8 Å². The Morgan fingerprint density at radius 3 is 2.76 bits per heavy atom. The third-order valence-electron chi connectivity index (χ3n) is 2.75. The molecule has 0 unspecified atom stereocenters. The monoisotopic (exact) mass is 291 g/mol. The third-order valence-corrected chi connectivity index (χ3v) is 2.75. The van der Waals surface area contributed by atoms with Crippen molar-refractivity contribution in [1.82, 2.24) is 15.2 Å². The van der Waals surface area contributed by atoms with Gasteiger partial charge in [-0.05, 0) is 24.1 Å². The fraction of sp³-hybridized carbons (Fsp3) is 0.357. The highest BCUT2D eigenvalue weighted by Gasteiger charge is 2.00. The van der Waals surface area contributed by atoms with Gasteiger partial charge in [0, 0.05) is 26.8 Å². The fourth-order valence-electron chi connectivity index (χ4n) is 1.68. The van der Waals surface area contributed by atoms with E-state index in [4.69, 9.17) is 4.74 Å². The van der Waals surface area contributed by atoms with E-state index < -0.39 is 0 Å². The molecule has 1 heterocycles. The van der Waals surface area contributed by atoms with Crippen LogP contribution in [0.3, 0.4) is 0 Å². The third kappa shape index (κ3) is 5.31. The highest BCUT2D eigenvalue weighted by Crippen LogP contribution is 2.08. The summed E-state index contributed by atoms with van der Waals surface area (Å²) in [6.45, 7) is 1.95. The second kappa shape index (κ2) is 8.11. The number of halogens is 1. The van der Waals surface area contributed by atoms with Gasteiger partial charge in [0.15, 0.2) is 5.82 Å². The fourth-order valence-corrected chi connectivity index (χ4v) is 1.68. The van der Waals surface area contributed by atoms with Crippen molar-refractivity contribution < 1.29 is 9.13 Å². The molecule has 0 spiro atoms. The summed E-state index contributed by atoms with van der Waals surface area (Å²) in [7, 11) is 1.66. The predicted molar refractivity (Wildman–Crippen MR) is 78.5 cm³/mol. The van der Waals surface area contributed by atoms with Gasteiger partial charge in [0.1, 0.15) is 5.82 Å². The van der Waals surface area contributed by atoms with Crippen LogP contribution in [0.1, 0.15) is 12.0 Å². The Kier molecular flexibility index (Phi) is 5.83. The molecule has 0 aliphatic carbocycles. The average Bonchev–Trinajstić information content (AvgIpc) is 2.52. The molecule has 21 heavy (non-hydrogen) atoms. The summed E-state index contributed by atoms with van der Waals surface area (Å²) in [5.41, 5.74) is 0.963. The van der Waals surface area contributed by atoms with Gasteiger partial charge in [-0.25, -0.2) is 4.39 Å². The van der Waals surface area contributed by atoms with E-state index in [-0.39, 0.29) is 5.82 Å². The van der Waals surface area contributed by atoms with Crippen LogP contribution in [0.5, 0.6) is 0 Å². The zero-order valence-electron chi connectivity index (χ0n) is 11.8. The predicted octanol–water partition coefficient (Wildman–Crippen LogP) is 2.07. The van der Waals surface area contributed by atoms with E-state index >= 15 is 0 Å². The van der Waals surface area contributed by atoms with E-state index in [0.29, 0.717) is 24.9 Å². The van der Waals surface area contributed by atoms with Crippen LogP contribution in [0.15, 0.2) is 30.5 Å². The lowest BCUT2D eigenvalue weighted by Crippen LogP contribution is -2.10. The molecule has 2 N–H and O–H groups in total. The Morgan fingerprint density at radius 1 is 1.19 bits per heavy atom. The van der Waals surface area contributed by atoms with Crippen LogP contribution in [0, 0.1) is 5.82 Å². The molecular weight excluding hydrogens is 273 g/mol. The number of benzene rings is 1. The highest BCUT2D eigenvalue weighted by atomic mass is 19.1. The zero-order chi connectivity index (χ0) is 14.9. The van der Waals surface area contributed by atoms with Crippen LogP contribution in [0.2, 0.25) is 0 Å². The molecular formula is C14H18FN5O. The molecule has 0 radical (unpaired) electrons. The number of nitrogens with zero attached hydrogens (tertiary/aromatic N) is 3. The molecule has 0 amide bonds. The quantitative estimate of drug-likeness (QED) is 0.725. The minimum atomic E-state index is -0.245. The Morgan fingerprint density at radius 2 is 2.00 bits per heavy atom. The minimum Gasteiger partial charge on any atom is -0.385 e. The second-order valence-electron chi connectivity index (χ2n) is 4.42. The van der Waals surface area contributed by atoms with Crippen LogP contribution in [-0.4, -0.2) is 35.4 Å². The van der Waals surface area contributed by atoms with Gasteiger partial charge in [0.2, 0.25) is 5.95 Å². The Hall–Kier alpha value is -2.28. The first-order valence-electron chi connectivity index (χ1n) is 6.69. The number of hydrogen-bond donors (Lipinski definition) is 2. The lowest BCUT2D eigenvalue weighted by atomic mass is 10.2. The summed E-state index contributed by atoms with van der Waals surface area (Å²) in [6.07, 6.45) is 2.41. The van der Waals surface area contributed by atoms with E-state index in [2.05, 4.69) is 25.8 Å². The lowest BCUT2D eigenvalue weighted by molar-refractivity contribution is 0.197. The smallest absolute Gasteiger partial charge is 0.244 e. The molecule has 0 aliphatic heterocycles. The van der Waals surface area contributed by atoms with Crippen molar-refractivity contribution in [2.75, 3.05) is 30.9 Å². The second-order valence-corrected chi connectivity index (χ2v) is 4.42. The number of aromatic nitrogens is 3. The summed E-state index contributed by atoms with van der Waals surface area (Å²) < 4.78 is 17.8. The Labute approximate surface area is 122 Å². The van der Waals surface area contributed by atoms with Crippen molar-refractivity contribution >= 4 is 11.8 Å². The normalized spacial score (nSPS) is 10.4. The molecule has 1 aromatic heterocycles. The standard InChI is InChI=1S/C14H18FN5O/c1-21-8-2-7-16-14-19-13(10-18-20-14)17-9-11-3-5-12(15)6-4-11/h3-6,10H,2,7-9H2,1H3,(H2,16,17,19,20). The van der Waals surface area contributed by atoms with Crippen molar-refractivity contribution in [2.24, 2.45) is 0 Å². The molecule has 0 saturated heterocycles. The summed E-state index contributed by atoms with van der Waals surface area (Å²) in [5.74, 6) is 0.837. The molecule has 0 saturated carbocycles. The number of hydrogen-bond acceptors (Lipinski definition) is 6. The molecule has 2 aromatic rings. The molecule has 1 aromatic carbocycles. The molecule has 0 aliphatic rings. The Bertz CT molecular complexity index is 549.